The predicted molar refractivity (Wildman–Crippen MR) is 413 cm³/mol. The van der Waals surface area contributed by atoms with E-state index in [4.69, 9.17) is 4.11 Å². The average molecular weight is 1340 g/mol. The van der Waals surface area contributed by atoms with E-state index in [1.807, 2.05) is 7.05 Å². The van der Waals surface area contributed by atoms with Crippen LogP contribution < -0.4 is 22.8 Å². The molecule has 8 atom stereocenters. The Bertz CT molecular complexity index is 5190. The van der Waals surface area contributed by atoms with Gasteiger partial charge in [0.25, 0.3) is 0 Å². The Morgan fingerprint density at radius 1 is 0.337 bits per heavy atom. The summed E-state index contributed by atoms with van der Waals surface area (Å²) in [5, 5.41) is 0. The highest BCUT2D eigenvalue weighted by Crippen LogP contribution is 2.69. The van der Waals surface area contributed by atoms with Crippen molar-refractivity contribution >= 4 is 0 Å². The SMILES string of the molecule is Cc1ccccc1-c1cc2c(c[n+]1C)C1(C)CCC2C1(C)C.Cc1ccccc1-c1cc2c(c[n+]1C)C1CCC2C1.[2H]C12CC(Cc3c[n+](C)c(-c4ccccc4C)cc31)C2.[2H]C12CCC(C)(c3c[n+](C)c(-c4ccccc4C)cc31)C2(C)C.[2H]C12CCC([2H])(C1)c1c[n+](C)c(-c3ccccc3C)cc12. The van der Waals surface area contributed by atoms with E-state index in [0.717, 1.165) is 85.4 Å². The van der Waals surface area contributed by atoms with Crippen molar-refractivity contribution in [3.8, 4) is 56.3 Å². The first-order chi connectivity index (χ1) is 49.8. The van der Waals surface area contributed by atoms with Crippen LogP contribution in [0.1, 0.15) is 249 Å². The Balaban J connectivity index is 0.000000101. The topological polar surface area (TPSA) is 19.4 Å². The van der Waals surface area contributed by atoms with Crippen molar-refractivity contribution in [3.05, 3.63) is 266 Å². The Morgan fingerprint density at radius 2 is 0.713 bits per heavy atom. The van der Waals surface area contributed by atoms with Gasteiger partial charge in [-0.2, -0.15) is 0 Å². The standard InChI is InChI=1S/2C21H26N.3C18H20N/c2*1-14-8-6-7-9-15(14)19-12-16-17-10-11-21(4,20(17,2)3)18(16)13-22(19)5;1-12-5-3-4-6-16(12)18-10-17-14-7-13(8-14)9-15(17)11-19(18)2;2*1-12-5-3-4-6-15(12)18-10-16-13-7-8-14(9-13)17(16)11-19(18)2/h2*6-9,12-13,17H,10-11H2,1-5H3;3*3-6,10-11,13-14H,7-9H2,1-2H3/q5*+1/i17D;;14D;13D,14D;. The summed E-state index contributed by atoms with van der Waals surface area (Å²) in [5.74, 6) is 1.33. The fourth-order valence-corrected chi connectivity index (χ4v) is 21.0. The molecule has 5 aromatic heterocycles. The van der Waals surface area contributed by atoms with Gasteiger partial charge in [0, 0.05) is 102 Å². The highest BCUT2D eigenvalue weighted by atomic mass is 15.0. The molecule has 5 heteroatoms. The summed E-state index contributed by atoms with van der Waals surface area (Å²) in [7, 11) is 10.7. The Morgan fingerprint density at radius 3 is 1.21 bits per heavy atom. The normalized spacial score (nSPS) is 29.0. The minimum Gasteiger partial charge on any atom is -0.201 e. The molecule has 101 heavy (non-hydrogen) atoms. The number of rotatable bonds is 5. The molecule has 0 N–H and O–H groups in total. The molecule has 5 saturated carbocycles. The molecule has 21 rings (SSSR count). The van der Waals surface area contributed by atoms with Crippen LogP contribution in [0.3, 0.4) is 0 Å². The fraction of sp³-hybridized carbons (Fsp3) is 0.427. The molecule has 5 nitrogen and oxygen atoms in total. The van der Waals surface area contributed by atoms with Crippen LogP contribution in [-0.4, -0.2) is 0 Å². The van der Waals surface area contributed by atoms with Gasteiger partial charge in [-0.3, -0.25) is 0 Å². The van der Waals surface area contributed by atoms with Crippen LogP contribution in [0.4, 0.5) is 0 Å². The molecule has 10 aromatic rings. The monoisotopic (exact) mass is 1340 g/mol. The van der Waals surface area contributed by atoms with E-state index >= 15 is 0 Å². The third-order valence-corrected chi connectivity index (χ3v) is 28.0. The van der Waals surface area contributed by atoms with Gasteiger partial charge in [-0.05, 0) is 262 Å². The van der Waals surface area contributed by atoms with Crippen molar-refractivity contribution in [1.29, 1.82) is 0 Å². The summed E-state index contributed by atoms with van der Waals surface area (Å²) in [5.41, 5.74) is 34.1. The van der Waals surface area contributed by atoms with E-state index in [2.05, 4.69) is 310 Å². The van der Waals surface area contributed by atoms with Gasteiger partial charge in [0.15, 0.2) is 31.0 Å². The molecule has 8 unspecified atom stereocenters. The maximum atomic E-state index is 9.25. The van der Waals surface area contributed by atoms with Crippen molar-refractivity contribution in [2.45, 2.75) is 212 Å². The third-order valence-electron chi connectivity index (χ3n) is 28.0. The molecule has 11 aliphatic carbocycles. The molecule has 10 bridgehead atoms. The second-order valence-corrected chi connectivity index (χ2v) is 34.0. The zero-order valence-electron chi connectivity index (χ0n) is 67.6. The highest BCUT2D eigenvalue weighted by molar-refractivity contribution is 5.68. The number of aromatic nitrogens is 5. The molecular formula is C96H112N5+5. The lowest BCUT2D eigenvalue weighted by atomic mass is 9.63. The maximum absolute atomic E-state index is 9.25. The zero-order chi connectivity index (χ0) is 74.0. The van der Waals surface area contributed by atoms with Crippen LogP contribution >= 0.6 is 0 Å². The first kappa shape index (κ1) is 62.6. The number of nitrogens with zero attached hydrogens (tertiary/aromatic N) is 5. The van der Waals surface area contributed by atoms with Crippen molar-refractivity contribution < 1.29 is 28.3 Å². The fourth-order valence-electron chi connectivity index (χ4n) is 21.0. The number of fused-ring (bicyclic) bond motifs is 20. The molecule has 0 radical (unpaired) electrons. The summed E-state index contributed by atoms with van der Waals surface area (Å²) in [4.78, 5) is 0. The first-order valence-electron chi connectivity index (χ1n) is 40.3. The Labute approximate surface area is 611 Å². The second-order valence-electron chi connectivity index (χ2n) is 34.0. The number of hydrogen-bond acceptors (Lipinski definition) is 0. The third kappa shape index (κ3) is 11.1. The van der Waals surface area contributed by atoms with Crippen LogP contribution in [0, 0.1) is 51.4 Å². The Kier molecular flexibility index (Phi) is 15.7. The summed E-state index contributed by atoms with van der Waals surface area (Å²) < 4.78 is 46.6. The lowest BCUT2D eigenvalue weighted by Crippen LogP contribution is -2.37. The van der Waals surface area contributed by atoms with E-state index < -0.39 is 17.7 Å². The summed E-state index contributed by atoms with van der Waals surface area (Å²) in [6.07, 6.45) is 26.0. The number of aryl methyl sites for hydroxylation is 10. The van der Waals surface area contributed by atoms with Crippen LogP contribution in [-0.2, 0) is 52.5 Å². The first-order valence-corrected chi connectivity index (χ1v) is 38.3. The minimum absolute atomic E-state index is 0.0142. The molecule has 0 amide bonds. The molecule has 5 fully saturated rings. The smallest absolute Gasteiger partial charge is 0.201 e. The van der Waals surface area contributed by atoms with Gasteiger partial charge in [0.05, 0.1) is 0 Å². The predicted octanol–water partition coefficient (Wildman–Crippen LogP) is 20.6. The van der Waals surface area contributed by atoms with Crippen LogP contribution in [0.2, 0.25) is 0 Å². The van der Waals surface area contributed by atoms with Crippen LogP contribution in [0.15, 0.2) is 183 Å². The summed E-state index contributed by atoms with van der Waals surface area (Å²) in [6.45, 7) is 25.2. The molecule has 0 saturated heterocycles. The van der Waals surface area contributed by atoms with Crippen molar-refractivity contribution in [2.24, 2.45) is 52.0 Å². The van der Waals surface area contributed by atoms with Crippen molar-refractivity contribution in [1.82, 2.24) is 0 Å². The lowest BCUT2D eigenvalue weighted by molar-refractivity contribution is -0.661. The largest absolute Gasteiger partial charge is 0.212 e. The van der Waals surface area contributed by atoms with E-state index in [0.29, 0.717) is 17.3 Å². The van der Waals surface area contributed by atoms with Gasteiger partial charge < -0.3 is 0 Å². The molecule has 5 heterocycles. The Hall–Kier alpha value is -8.15. The van der Waals surface area contributed by atoms with Crippen LogP contribution in [0.5, 0.6) is 0 Å². The van der Waals surface area contributed by atoms with Gasteiger partial charge in [-0.25, -0.2) is 22.8 Å². The number of hydrogen-bond donors (Lipinski definition) is 0. The maximum Gasteiger partial charge on any atom is 0.212 e. The number of pyridine rings is 5. The van der Waals surface area contributed by atoms with Gasteiger partial charge in [0.1, 0.15) is 35.2 Å². The summed E-state index contributed by atoms with van der Waals surface area (Å²) in [6, 6.07) is 54.5. The highest BCUT2D eigenvalue weighted by Gasteiger charge is 2.62. The zero-order valence-corrected chi connectivity index (χ0v) is 63.6. The summed E-state index contributed by atoms with van der Waals surface area (Å²) >= 11 is 0. The quantitative estimate of drug-likeness (QED) is 0.153. The molecular weight excluding hydrogens is 1220 g/mol. The van der Waals surface area contributed by atoms with Gasteiger partial charge in [-0.15, -0.1) is 0 Å². The van der Waals surface area contributed by atoms with E-state index in [1.165, 1.54) is 133 Å². The van der Waals surface area contributed by atoms with E-state index in [1.54, 1.807) is 22.3 Å². The molecule has 5 aromatic carbocycles. The second kappa shape index (κ2) is 25.4. The van der Waals surface area contributed by atoms with Gasteiger partial charge >= 0.3 is 0 Å². The average Bonchev–Trinajstić information content (AvgIpc) is 1.51. The minimum atomic E-state index is -0.539. The van der Waals surface area contributed by atoms with E-state index in [9.17, 15) is 1.37 Å². The van der Waals surface area contributed by atoms with Crippen LogP contribution in [0.25, 0.3) is 56.3 Å². The number of benzene rings is 5. The molecule has 0 aliphatic heterocycles. The van der Waals surface area contributed by atoms with Gasteiger partial charge in [0.2, 0.25) is 28.5 Å². The molecule has 0 spiro atoms. The van der Waals surface area contributed by atoms with E-state index in [-0.39, 0.29) is 16.7 Å². The molecule has 11 aliphatic rings. The van der Waals surface area contributed by atoms with Gasteiger partial charge in [-0.1, -0.05) is 133 Å². The molecule has 516 valence electrons. The lowest BCUT2D eigenvalue weighted by Gasteiger charge is -2.41. The van der Waals surface area contributed by atoms with Crippen molar-refractivity contribution in [3.63, 3.8) is 0 Å². The van der Waals surface area contributed by atoms with Crippen molar-refractivity contribution in [2.75, 3.05) is 0 Å².